The Labute approximate surface area is 108 Å². The van der Waals surface area contributed by atoms with Gasteiger partial charge in [0.25, 0.3) is 0 Å². The minimum Gasteiger partial charge on any atom is -0.367 e. The molecule has 0 saturated carbocycles. The lowest BCUT2D eigenvalue weighted by atomic mass is 10.1. The van der Waals surface area contributed by atoms with E-state index in [1.807, 2.05) is 10.6 Å². The molecule has 0 amide bonds. The first-order valence-corrected chi connectivity index (χ1v) is 6.77. The Hall–Kier alpha value is -1.58. The summed E-state index contributed by atoms with van der Waals surface area (Å²) in [4.78, 5) is 4.23. The van der Waals surface area contributed by atoms with Crippen molar-refractivity contribution in [1.29, 1.82) is 0 Å². The maximum atomic E-state index is 4.25. The number of fused-ring (bicyclic) bond motifs is 1. The Kier molecular flexibility index (Phi) is 4.18. The zero-order valence-electron chi connectivity index (χ0n) is 11.5. The molecule has 0 aromatic carbocycles. The highest BCUT2D eigenvalue weighted by atomic mass is 15.3. The molecule has 0 bridgehead atoms. The van der Waals surface area contributed by atoms with Gasteiger partial charge in [-0.15, -0.1) is 0 Å². The van der Waals surface area contributed by atoms with Crippen LogP contribution in [-0.2, 0) is 0 Å². The number of rotatable bonds is 6. The normalized spacial score (nSPS) is 12.8. The molecule has 0 aliphatic heterocycles. The van der Waals surface area contributed by atoms with Crippen molar-refractivity contribution in [2.45, 2.75) is 52.5 Å². The van der Waals surface area contributed by atoms with Crippen LogP contribution in [0.25, 0.3) is 5.65 Å². The monoisotopic (exact) mass is 246 g/mol. The van der Waals surface area contributed by atoms with Crippen molar-refractivity contribution < 1.29 is 0 Å². The minimum absolute atomic E-state index is 0.464. The van der Waals surface area contributed by atoms with Gasteiger partial charge in [0.15, 0.2) is 5.65 Å². The zero-order chi connectivity index (χ0) is 13.0. The molecular formula is C14H22N4. The second-order valence-electron chi connectivity index (χ2n) is 4.99. The summed E-state index contributed by atoms with van der Waals surface area (Å²) in [6, 6.07) is 4.63. The molecule has 2 aromatic heterocycles. The molecule has 0 spiro atoms. The highest BCUT2D eigenvalue weighted by Gasteiger charge is 2.07. The van der Waals surface area contributed by atoms with Gasteiger partial charge in [0.2, 0.25) is 0 Å². The number of aryl methyl sites for hydroxylation is 1. The predicted molar refractivity (Wildman–Crippen MR) is 75.0 cm³/mol. The van der Waals surface area contributed by atoms with E-state index in [2.05, 4.69) is 42.2 Å². The van der Waals surface area contributed by atoms with E-state index >= 15 is 0 Å². The van der Waals surface area contributed by atoms with Crippen LogP contribution >= 0.6 is 0 Å². The van der Waals surface area contributed by atoms with E-state index in [0.717, 1.165) is 11.5 Å². The number of anilines is 1. The van der Waals surface area contributed by atoms with E-state index in [0.29, 0.717) is 6.04 Å². The van der Waals surface area contributed by atoms with Crippen LogP contribution in [0.15, 0.2) is 18.5 Å². The van der Waals surface area contributed by atoms with Gasteiger partial charge in [0, 0.05) is 6.04 Å². The second kappa shape index (κ2) is 5.85. The molecule has 2 aromatic rings. The van der Waals surface area contributed by atoms with Gasteiger partial charge in [-0.3, -0.25) is 0 Å². The van der Waals surface area contributed by atoms with Gasteiger partial charge in [-0.1, -0.05) is 26.2 Å². The smallest absolute Gasteiger partial charge is 0.157 e. The lowest BCUT2D eigenvalue weighted by Crippen LogP contribution is -2.17. The fourth-order valence-electron chi connectivity index (χ4n) is 2.18. The number of nitrogens with zero attached hydrogens (tertiary/aromatic N) is 3. The molecule has 0 aliphatic carbocycles. The van der Waals surface area contributed by atoms with E-state index in [4.69, 9.17) is 0 Å². The van der Waals surface area contributed by atoms with E-state index in [1.54, 1.807) is 6.33 Å². The van der Waals surface area contributed by atoms with Crippen LogP contribution in [-0.4, -0.2) is 20.6 Å². The van der Waals surface area contributed by atoms with E-state index in [-0.39, 0.29) is 0 Å². The number of hydrogen-bond donors (Lipinski definition) is 1. The van der Waals surface area contributed by atoms with Gasteiger partial charge in [0.05, 0.1) is 0 Å². The van der Waals surface area contributed by atoms with Crippen LogP contribution in [0.5, 0.6) is 0 Å². The number of pyridine rings is 1. The fourth-order valence-corrected chi connectivity index (χ4v) is 2.18. The van der Waals surface area contributed by atoms with Crippen molar-refractivity contribution in [3.05, 3.63) is 24.0 Å². The standard InChI is InChI=1S/C14H22N4/c1-4-5-6-7-12(3)17-14-9-11(2)8-13-15-10-16-18(13)14/h8-10,12,17H,4-7H2,1-3H3. The van der Waals surface area contributed by atoms with Crippen LogP contribution < -0.4 is 5.32 Å². The predicted octanol–water partition coefficient (Wildman–Crippen LogP) is 3.42. The van der Waals surface area contributed by atoms with Crippen molar-refractivity contribution in [2.75, 3.05) is 5.32 Å². The minimum atomic E-state index is 0.464. The van der Waals surface area contributed by atoms with Gasteiger partial charge in [-0.2, -0.15) is 9.61 Å². The van der Waals surface area contributed by atoms with Crippen LogP contribution in [0.3, 0.4) is 0 Å². The molecule has 1 unspecified atom stereocenters. The summed E-state index contributed by atoms with van der Waals surface area (Å²) in [6.45, 7) is 6.54. The lowest BCUT2D eigenvalue weighted by Gasteiger charge is -2.16. The Balaban J connectivity index is 2.08. The summed E-state index contributed by atoms with van der Waals surface area (Å²) in [6.07, 6.45) is 6.64. The average molecular weight is 246 g/mol. The Morgan fingerprint density at radius 1 is 1.33 bits per heavy atom. The number of unbranched alkanes of at least 4 members (excludes halogenated alkanes) is 2. The third-order valence-electron chi connectivity index (χ3n) is 3.16. The molecule has 0 saturated heterocycles. The van der Waals surface area contributed by atoms with E-state index < -0.39 is 0 Å². The van der Waals surface area contributed by atoms with Crippen molar-refractivity contribution in [1.82, 2.24) is 14.6 Å². The molecule has 98 valence electrons. The Morgan fingerprint density at radius 3 is 2.94 bits per heavy atom. The molecule has 1 atom stereocenters. The van der Waals surface area contributed by atoms with Gasteiger partial charge in [-0.05, 0) is 38.0 Å². The molecule has 4 heteroatoms. The van der Waals surface area contributed by atoms with Crippen molar-refractivity contribution in [3.63, 3.8) is 0 Å². The first-order valence-electron chi connectivity index (χ1n) is 6.77. The number of hydrogen-bond acceptors (Lipinski definition) is 3. The Morgan fingerprint density at radius 2 is 2.17 bits per heavy atom. The third-order valence-corrected chi connectivity index (χ3v) is 3.16. The molecule has 1 N–H and O–H groups in total. The summed E-state index contributed by atoms with van der Waals surface area (Å²) in [5.74, 6) is 1.03. The second-order valence-corrected chi connectivity index (χ2v) is 4.99. The molecule has 4 nitrogen and oxygen atoms in total. The molecular weight excluding hydrogens is 224 g/mol. The van der Waals surface area contributed by atoms with Gasteiger partial charge < -0.3 is 5.32 Å². The highest BCUT2D eigenvalue weighted by Crippen LogP contribution is 2.15. The van der Waals surface area contributed by atoms with Gasteiger partial charge in [0.1, 0.15) is 12.1 Å². The number of nitrogens with one attached hydrogen (secondary N) is 1. The summed E-state index contributed by atoms with van der Waals surface area (Å²) in [5.41, 5.74) is 2.11. The first kappa shape index (κ1) is 12.9. The quantitative estimate of drug-likeness (QED) is 0.794. The summed E-state index contributed by atoms with van der Waals surface area (Å²) in [7, 11) is 0. The van der Waals surface area contributed by atoms with Crippen molar-refractivity contribution in [3.8, 4) is 0 Å². The molecule has 0 aliphatic rings. The maximum absolute atomic E-state index is 4.25. The third kappa shape index (κ3) is 3.00. The van der Waals surface area contributed by atoms with Gasteiger partial charge >= 0.3 is 0 Å². The molecule has 18 heavy (non-hydrogen) atoms. The lowest BCUT2D eigenvalue weighted by molar-refractivity contribution is 0.612. The van der Waals surface area contributed by atoms with Crippen LogP contribution in [0.2, 0.25) is 0 Å². The zero-order valence-corrected chi connectivity index (χ0v) is 11.5. The topological polar surface area (TPSA) is 42.2 Å². The summed E-state index contributed by atoms with van der Waals surface area (Å²) in [5, 5.41) is 7.78. The fraction of sp³-hybridized carbons (Fsp3) is 0.571. The number of aromatic nitrogens is 3. The molecule has 2 heterocycles. The molecule has 0 fully saturated rings. The van der Waals surface area contributed by atoms with E-state index in [9.17, 15) is 0 Å². The average Bonchev–Trinajstić information content (AvgIpc) is 2.77. The SMILES string of the molecule is CCCCCC(C)Nc1cc(C)cc2ncnn12. The van der Waals surface area contributed by atoms with E-state index in [1.165, 1.54) is 31.2 Å². The van der Waals surface area contributed by atoms with Crippen LogP contribution in [0.1, 0.15) is 45.1 Å². The van der Waals surface area contributed by atoms with Crippen LogP contribution in [0.4, 0.5) is 5.82 Å². The van der Waals surface area contributed by atoms with Gasteiger partial charge in [-0.25, -0.2) is 4.98 Å². The highest BCUT2D eigenvalue weighted by molar-refractivity contribution is 5.51. The maximum Gasteiger partial charge on any atom is 0.157 e. The van der Waals surface area contributed by atoms with Crippen molar-refractivity contribution in [2.24, 2.45) is 0 Å². The first-order chi connectivity index (χ1) is 8.70. The largest absolute Gasteiger partial charge is 0.367 e. The van der Waals surface area contributed by atoms with Crippen molar-refractivity contribution >= 4 is 11.5 Å². The Bertz CT molecular complexity index is 503. The van der Waals surface area contributed by atoms with Crippen LogP contribution in [0, 0.1) is 6.92 Å². The summed E-state index contributed by atoms with van der Waals surface area (Å²) < 4.78 is 1.86. The molecule has 0 radical (unpaired) electrons. The molecule has 2 rings (SSSR count). The summed E-state index contributed by atoms with van der Waals surface area (Å²) >= 11 is 0.